The molecule has 1 aromatic heterocycles. The molecule has 1 heterocycles. The van der Waals surface area contributed by atoms with Gasteiger partial charge in [-0.25, -0.2) is 9.78 Å². The van der Waals surface area contributed by atoms with E-state index < -0.39 is 6.09 Å². The monoisotopic (exact) mass is 431 g/mol. The first-order valence-corrected chi connectivity index (χ1v) is 10.2. The van der Waals surface area contributed by atoms with Gasteiger partial charge in [-0.2, -0.15) is 0 Å². The first-order chi connectivity index (χ1) is 15.5. The largest absolute Gasteiger partial charge is 0.493 e. The van der Waals surface area contributed by atoms with Gasteiger partial charge in [0, 0.05) is 29.6 Å². The Hall–Kier alpha value is -4.00. The van der Waals surface area contributed by atoms with Gasteiger partial charge in [0.1, 0.15) is 6.61 Å². The van der Waals surface area contributed by atoms with Crippen LogP contribution in [0.1, 0.15) is 11.1 Å². The summed E-state index contributed by atoms with van der Waals surface area (Å²) >= 11 is 0. The predicted octanol–water partition coefficient (Wildman–Crippen LogP) is 5.31. The summed E-state index contributed by atoms with van der Waals surface area (Å²) in [6.07, 6.45) is -0.457. The zero-order chi connectivity index (χ0) is 22.7. The van der Waals surface area contributed by atoms with Crippen molar-refractivity contribution in [1.29, 1.82) is 0 Å². The van der Waals surface area contributed by atoms with Crippen molar-refractivity contribution < 1.29 is 19.0 Å². The first-order valence-electron chi connectivity index (χ1n) is 10.2. The minimum Gasteiger partial charge on any atom is -0.493 e. The highest BCUT2D eigenvalue weighted by Crippen LogP contribution is 2.39. The van der Waals surface area contributed by atoms with E-state index >= 15 is 0 Å². The molecule has 0 atom stereocenters. The Balaban J connectivity index is 1.78. The summed E-state index contributed by atoms with van der Waals surface area (Å²) in [6.45, 7) is 2.25. The van der Waals surface area contributed by atoms with E-state index in [0.717, 1.165) is 44.3 Å². The summed E-state index contributed by atoms with van der Waals surface area (Å²) in [5, 5.41) is 7.91. The molecular weight excluding hydrogens is 406 g/mol. The van der Waals surface area contributed by atoms with Crippen LogP contribution in [-0.2, 0) is 11.3 Å². The van der Waals surface area contributed by atoms with Crippen LogP contribution in [0.25, 0.3) is 21.8 Å². The molecule has 4 rings (SSSR count). The number of anilines is 2. The maximum Gasteiger partial charge on any atom is 0.407 e. The molecular formula is C25H25N3O4. The molecule has 0 unspecified atom stereocenters. The molecule has 0 radical (unpaired) electrons. The fourth-order valence-corrected chi connectivity index (χ4v) is 3.57. The second-order valence-corrected chi connectivity index (χ2v) is 7.38. The number of carbonyl (C=O) groups is 1. The topological polar surface area (TPSA) is 81.7 Å². The van der Waals surface area contributed by atoms with Crippen LogP contribution in [0.15, 0.2) is 54.6 Å². The van der Waals surface area contributed by atoms with E-state index in [0.29, 0.717) is 11.5 Å². The number of amides is 1. The molecule has 0 fully saturated rings. The molecule has 7 heteroatoms. The Labute approximate surface area is 186 Å². The van der Waals surface area contributed by atoms with Crippen LogP contribution in [0, 0.1) is 6.92 Å². The van der Waals surface area contributed by atoms with Crippen molar-refractivity contribution in [2.24, 2.45) is 0 Å². The van der Waals surface area contributed by atoms with E-state index in [1.54, 1.807) is 14.2 Å². The lowest BCUT2D eigenvalue weighted by Gasteiger charge is -2.16. The van der Waals surface area contributed by atoms with Gasteiger partial charge in [-0.05, 0) is 42.3 Å². The molecule has 3 aromatic carbocycles. The number of pyridine rings is 1. The maximum atomic E-state index is 11.3. The number of aryl methyl sites for hydroxylation is 1. The molecule has 7 nitrogen and oxygen atoms in total. The van der Waals surface area contributed by atoms with E-state index in [2.05, 4.69) is 28.8 Å². The van der Waals surface area contributed by atoms with Crippen LogP contribution in [0.5, 0.6) is 11.5 Å². The second-order valence-electron chi connectivity index (χ2n) is 7.38. The van der Waals surface area contributed by atoms with E-state index in [4.69, 9.17) is 19.2 Å². The number of fused-ring (bicyclic) bond motifs is 2. The van der Waals surface area contributed by atoms with Crippen LogP contribution in [0.2, 0.25) is 0 Å². The van der Waals surface area contributed by atoms with Crippen LogP contribution in [-0.4, -0.2) is 32.3 Å². The molecule has 0 aliphatic carbocycles. The number of hydrogen-bond donors (Lipinski definition) is 2. The quantitative estimate of drug-likeness (QED) is 0.403. The Bertz CT molecular complexity index is 1290. The lowest BCUT2D eigenvalue weighted by atomic mass is 10.0. The molecule has 2 N–H and O–H groups in total. The summed E-state index contributed by atoms with van der Waals surface area (Å²) in [7, 11) is 4.77. The summed E-state index contributed by atoms with van der Waals surface area (Å²) in [5.74, 6) is 1.27. The van der Waals surface area contributed by atoms with Gasteiger partial charge in [-0.3, -0.25) is 0 Å². The van der Waals surface area contributed by atoms with Gasteiger partial charge in [0.05, 0.1) is 30.9 Å². The highest BCUT2D eigenvalue weighted by molar-refractivity contribution is 6.09. The summed E-state index contributed by atoms with van der Waals surface area (Å²) in [4.78, 5) is 16.2. The number of alkyl carbamates (subject to hydrolysis) is 1. The Morgan fingerprint density at radius 2 is 1.59 bits per heavy atom. The average molecular weight is 431 g/mol. The Morgan fingerprint density at radius 3 is 2.28 bits per heavy atom. The normalized spacial score (nSPS) is 10.8. The molecule has 4 aromatic rings. The molecule has 0 saturated carbocycles. The second kappa shape index (κ2) is 9.01. The van der Waals surface area contributed by atoms with Crippen LogP contribution < -0.4 is 20.1 Å². The molecule has 0 aliphatic rings. The summed E-state index contributed by atoms with van der Waals surface area (Å²) < 4.78 is 16.1. The highest BCUT2D eigenvalue weighted by atomic mass is 16.5. The van der Waals surface area contributed by atoms with Gasteiger partial charge in [0.25, 0.3) is 0 Å². The minimum absolute atomic E-state index is 0.206. The smallest absolute Gasteiger partial charge is 0.407 e. The molecule has 0 spiro atoms. The molecule has 0 bridgehead atoms. The standard InChI is InChI=1S/C25H25N3O4/c1-15-5-10-18-20(11-15)28-21-13-23(31-4)22(30-3)12-19(21)24(18)27-17-8-6-16(7-9-17)14-32-25(29)26-2/h5-13H,14H2,1-4H3,(H,26,29)(H,27,28). The minimum atomic E-state index is -0.457. The van der Waals surface area contributed by atoms with Crippen molar-refractivity contribution in [2.45, 2.75) is 13.5 Å². The number of nitrogens with one attached hydrogen (secondary N) is 2. The van der Waals surface area contributed by atoms with Gasteiger partial charge in [0.15, 0.2) is 11.5 Å². The first kappa shape index (κ1) is 21.2. The molecule has 164 valence electrons. The lowest BCUT2D eigenvalue weighted by molar-refractivity contribution is 0.142. The summed E-state index contributed by atoms with van der Waals surface area (Å²) in [5.41, 5.74) is 5.56. The van der Waals surface area contributed by atoms with Crippen LogP contribution in [0.4, 0.5) is 16.2 Å². The van der Waals surface area contributed by atoms with Gasteiger partial charge < -0.3 is 24.8 Å². The number of aromatic nitrogens is 1. The van der Waals surface area contributed by atoms with Crippen molar-refractivity contribution in [2.75, 3.05) is 26.6 Å². The van der Waals surface area contributed by atoms with Crippen LogP contribution >= 0.6 is 0 Å². The predicted molar refractivity (Wildman–Crippen MR) is 126 cm³/mol. The molecule has 0 saturated heterocycles. The molecule has 32 heavy (non-hydrogen) atoms. The van der Waals surface area contributed by atoms with Crippen molar-refractivity contribution >= 4 is 39.3 Å². The molecule has 0 aliphatic heterocycles. The number of rotatable bonds is 6. The lowest BCUT2D eigenvalue weighted by Crippen LogP contribution is -2.18. The number of ether oxygens (including phenoxy) is 3. The molecule has 1 amide bonds. The van der Waals surface area contributed by atoms with Crippen molar-refractivity contribution in [3.8, 4) is 11.5 Å². The Morgan fingerprint density at radius 1 is 0.906 bits per heavy atom. The van der Waals surface area contributed by atoms with Gasteiger partial charge in [-0.1, -0.05) is 24.3 Å². The van der Waals surface area contributed by atoms with Gasteiger partial charge in [-0.15, -0.1) is 0 Å². The zero-order valence-corrected chi connectivity index (χ0v) is 18.5. The van der Waals surface area contributed by atoms with E-state index in [9.17, 15) is 4.79 Å². The fraction of sp³-hybridized carbons (Fsp3) is 0.200. The summed E-state index contributed by atoms with van der Waals surface area (Å²) in [6, 6.07) is 17.8. The number of methoxy groups -OCH3 is 2. The number of carbonyl (C=O) groups excluding carboxylic acids is 1. The van der Waals surface area contributed by atoms with Crippen molar-refractivity contribution in [1.82, 2.24) is 10.3 Å². The number of hydrogen-bond acceptors (Lipinski definition) is 6. The van der Waals surface area contributed by atoms with Crippen molar-refractivity contribution in [3.63, 3.8) is 0 Å². The van der Waals surface area contributed by atoms with Crippen LogP contribution in [0.3, 0.4) is 0 Å². The zero-order valence-electron chi connectivity index (χ0n) is 18.5. The third-order valence-corrected chi connectivity index (χ3v) is 5.23. The SMILES string of the molecule is CNC(=O)OCc1ccc(Nc2c3ccc(C)cc3nc3cc(OC)c(OC)cc23)cc1. The fourth-order valence-electron chi connectivity index (χ4n) is 3.57. The maximum absolute atomic E-state index is 11.3. The van der Waals surface area contributed by atoms with Gasteiger partial charge in [0.2, 0.25) is 0 Å². The third-order valence-electron chi connectivity index (χ3n) is 5.23. The van der Waals surface area contributed by atoms with Crippen molar-refractivity contribution in [3.05, 3.63) is 65.7 Å². The third kappa shape index (κ3) is 4.23. The van der Waals surface area contributed by atoms with Gasteiger partial charge >= 0.3 is 6.09 Å². The number of nitrogens with zero attached hydrogens (tertiary/aromatic N) is 1. The van der Waals surface area contributed by atoms with E-state index in [1.807, 2.05) is 43.3 Å². The number of benzene rings is 3. The average Bonchev–Trinajstić information content (AvgIpc) is 2.82. The van der Waals surface area contributed by atoms with E-state index in [1.165, 1.54) is 7.05 Å². The van der Waals surface area contributed by atoms with E-state index in [-0.39, 0.29) is 6.61 Å². The Kier molecular flexibility index (Phi) is 5.98. The highest BCUT2D eigenvalue weighted by Gasteiger charge is 2.14.